The summed E-state index contributed by atoms with van der Waals surface area (Å²) in [6, 6.07) is 10.9. The zero-order valence-corrected chi connectivity index (χ0v) is 16.0. The third-order valence-corrected chi connectivity index (χ3v) is 5.61. The van der Waals surface area contributed by atoms with E-state index >= 15 is 0 Å². The minimum atomic E-state index is -4.02. The number of carbonyl (C=O) groups is 1. The van der Waals surface area contributed by atoms with Crippen molar-refractivity contribution >= 4 is 34.0 Å². The number of anilines is 1. The molecular formula is C18H21ClFN3O3S. The zero-order chi connectivity index (χ0) is 18.7. The lowest BCUT2D eigenvalue weighted by Crippen LogP contribution is -2.38. The Balaban J connectivity index is 0.00000261. The Bertz CT molecular complexity index is 920. The summed E-state index contributed by atoms with van der Waals surface area (Å²) >= 11 is 0. The lowest BCUT2D eigenvalue weighted by atomic mass is 10.2. The number of sulfonamides is 1. The Kier molecular flexibility index (Phi) is 6.80. The molecule has 1 aliphatic carbocycles. The highest BCUT2D eigenvalue weighted by atomic mass is 35.5. The van der Waals surface area contributed by atoms with Gasteiger partial charge in [0, 0.05) is 18.2 Å². The highest BCUT2D eigenvalue weighted by molar-refractivity contribution is 7.92. The number of hydrogen-bond acceptors (Lipinski definition) is 4. The maximum Gasteiger partial charge on any atom is 0.262 e. The van der Waals surface area contributed by atoms with Crippen molar-refractivity contribution in [2.75, 3.05) is 11.3 Å². The quantitative estimate of drug-likeness (QED) is 0.649. The van der Waals surface area contributed by atoms with Crippen LogP contribution in [-0.4, -0.2) is 26.9 Å². The van der Waals surface area contributed by atoms with Crippen molar-refractivity contribution in [3.63, 3.8) is 0 Å². The zero-order valence-electron chi connectivity index (χ0n) is 14.4. The van der Waals surface area contributed by atoms with E-state index in [9.17, 15) is 17.6 Å². The number of nitrogens with one attached hydrogen (secondary N) is 2. The van der Waals surface area contributed by atoms with E-state index in [2.05, 4.69) is 10.0 Å². The monoisotopic (exact) mass is 413 g/mol. The molecule has 27 heavy (non-hydrogen) atoms. The average Bonchev–Trinajstić information content (AvgIpc) is 3.46. The fourth-order valence-corrected chi connectivity index (χ4v) is 3.67. The molecule has 0 aromatic heterocycles. The molecule has 0 spiro atoms. The maximum absolute atomic E-state index is 13.7. The summed E-state index contributed by atoms with van der Waals surface area (Å²) in [6.07, 6.45) is 2.15. The van der Waals surface area contributed by atoms with Crippen molar-refractivity contribution < 1.29 is 17.6 Å². The van der Waals surface area contributed by atoms with Crippen molar-refractivity contribution in [3.05, 3.63) is 59.9 Å². The molecule has 1 aliphatic rings. The molecule has 4 N–H and O–H groups in total. The van der Waals surface area contributed by atoms with Crippen LogP contribution in [0.25, 0.3) is 0 Å². The van der Waals surface area contributed by atoms with Crippen molar-refractivity contribution in [1.29, 1.82) is 0 Å². The largest absolute Gasteiger partial charge is 0.350 e. The first-order valence-electron chi connectivity index (χ1n) is 8.28. The van der Waals surface area contributed by atoms with Crippen molar-refractivity contribution in [2.45, 2.75) is 23.8 Å². The first-order chi connectivity index (χ1) is 12.4. The Morgan fingerprint density at radius 2 is 1.89 bits per heavy atom. The lowest BCUT2D eigenvalue weighted by Gasteiger charge is -2.13. The number of halogens is 2. The van der Waals surface area contributed by atoms with Gasteiger partial charge in [-0.15, -0.1) is 12.4 Å². The molecule has 9 heteroatoms. The van der Waals surface area contributed by atoms with Crippen LogP contribution in [0.1, 0.15) is 23.2 Å². The van der Waals surface area contributed by atoms with Crippen LogP contribution < -0.4 is 15.8 Å². The molecule has 0 aliphatic heterocycles. The van der Waals surface area contributed by atoms with E-state index in [1.54, 1.807) is 0 Å². The van der Waals surface area contributed by atoms with Crippen LogP contribution in [0, 0.1) is 11.7 Å². The van der Waals surface area contributed by atoms with E-state index in [-0.39, 0.29) is 34.6 Å². The normalized spacial score (nSPS) is 14.7. The van der Waals surface area contributed by atoms with Crippen LogP contribution in [0.15, 0.2) is 53.4 Å². The van der Waals surface area contributed by atoms with Crippen LogP contribution in [0.4, 0.5) is 10.1 Å². The van der Waals surface area contributed by atoms with E-state index in [0.29, 0.717) is 12.5 Å². The number of para-hydroxylation sites is 1. The van der Waals surface area contributed by atoms with Crippen LogP contribution in [0.2, 0.25) is 0 Å². The van der Waals surface area contributed by atoms with Gasteiger partial charge in [-0.3, -0.25) is 9.52 Å². The smallest absolute Gasteiger partial charge is 0.262 e. The van der Waals surface area contributed by atoms with Gasteiger partial charge in [0.15, 0.2) is 0 Å². The molecule has 0 radical (unpaired) electrons. The first kappa shape index (κ1) is 21.1. The first-order valence-corrected chi connectivity index (χ1v) is 9.76. The summed E-state index contributed by atoms with van der Waals surface area (Å²) in [7, 11) is -4.02. The van der Waals surface area contributed by atoms with Crippen LogP contribution in [0.5, 0.6) is 0 Å². The molecule has 1 atom stereocenters. The highest BCUT2D eigenvalue weighted by Crippen LogP contribution is 2.31. The van der Waals surface area contributed by atoms with Gasteiger partial charge in [0.2, 0.25) is 0 Å². The molecule has 1 saturated carbocycles. The average molecular weight is 414 g/mol. The number of nitrogens with two attached hydrogens (primary N) is 1. The van der Waals surface area contributed by atoms with E-state index in [1.165, 1.54) is 42.5 Å². The number of carbonyl (C=O) groups excluding carboxylic acids is 1. The number of benzene rings is 2. The Morgan fingerprint density at radius 1 is 1.19 bits per heavy atom. The molecule has 2 aromatic carbocycles. The number of hydrogen-bond donors (Lipinski definition) is 3. The second kappa shape index (κ2) is 8.69. The predicted octanol–water partition coefficient (Wildman–Crippen LogP) is 2.52. The van der Waals surface area contributed by atoms with Crippen LogP contribution in [0.3, 0.4) is 0 Å². The Labute approximate surface area is 163 Å². The van der Waals surface area contributed by atoms with Crippen LogP contribution in [-0.2, 0) is 10.0 Å². The second-order valence-corrected chi connectivity index (χ2v) is 8.01. The summed E-state index contributed by atoms with van der Waals surface area (Å²) < 4.78 is 40.8. The Hall–Kier alpha value is -2.16. The molecule has 1 fully saturated rings. The predicted molar refractivity (Wildman–Crippen MR) is 104 cm³/mol. The minimum absolute atomic E-state index is 0. The molecule has 0 saturated heterocycles. The van der Waals surface area contributed by atoms with Gasteiger partial charge in [-0.05, 0) is 49.1 Å². The van der Waals surface area contributed by atoms with Gasteiger partial charge in [0.1, 0.15) is 5.82 Å². The molecule has 6 nitrogen and oxygen atoms in total. The van der Waals surface area contributed by atoms with Crippen LogP contribution >= 0.6 is 12.4 Å². The van der Waals surface area contributed by atoms with Crippen molar-refractivity contribution in [1.82, 2.24) is 5.32 Å². The van der Waals surface area contributed by atoms with Crippen molar-refractivity contribution in [3.8, 4) is 0 Å². The topological polar surface area (TPSA) is 101 Å². The van der Waals surface area contributed by atoms with E-state index in [1.807, 2.05) is 0 Å². The summed E-state index contributed by atoms with van der Waals surface area (Å²) in [4.78, 5) is 12.1. The fourth-order valence-electron chi connectivity index (χ4n) is 2.56. The third-order valence-electron chi connectivity index (χ3n) is 4.25. The summed E-state index contributed by atoms with van der Waals surface area (Å²) in [5.74, 6) is -0.630. The van der Waals surface area contributed by atoms with Gasteiger partial charge < -0.3 is 11.1 Å². The van der Waals surface area contributed by atoms with E-state index in [0.717, 1.165) is 18.9 Å². The van der Waals surface area contributed by atoms with E-state index < -0.39 is 21.7 Å². The number of rotatable bonds is 7. The second-order valence-electron chi connectivity index (χ2n) is 6.32. The van der Waals surface area contributed by atoms with Gasteiger partial charge in [-0.25, -0.2) is 12.8 Å². The lowest BCUT2D eigenvalue weighted by molar-refractivity contribution is 0.0950. The summed E-state index contributed by atoms with van der Waals surface area (Å²) in [5.41, 5.74) is 5.99. The molecule has 146 valence electrons. The maximum atomic E-state index is 13.7. The van der Waals surface area contributed by atoms with Gasteiger partial charge in [0.05, 0.1) is 10.6 Å². The summed E-state index contributed by atoms with van der Waals surface area (Å²) in [5, 5.41) is 2.72. The third kappa shape index (κ3) is 5.41. The Morgan fingerprint density at radius 3 is 2.56 bits per heavy atom. The molecule has 0 bridgehead atoms. The minimum Gasteiger partial charge on any atom is -0.350 e. The van der Waals surface area contributed by atoms with Gasteiger partial charge >= 0.3 is 0 Å². The molecular weight excluding hydrogens is 393 g/mol. The molecule has 1 amide bonds. The highest BCUT2D eigenvalue weighted by Gasteiger charge is 2.28. The molecule has 2 aromatic rings. The number of amides is 1. The van der Waals surface area contributed by atoms with Gasteiger partial charge in [-0.1, -0.05) is 18.2 Å². The van der Waals surface area contributed by atoms with E-state index in [4.69, 9.17) is 5.73 Å². The van der Waals surface area contributed by atoms with Gasteiger partial charge in [-0.2, -0.15) is 0 Å². The standard InChI is InChI=1S/C18H20FN3O3S.ClH/c19-15-6-1-2-7-17(15)22-26(24,25)14-5-3-4-13(10-14)18(23)21-11-16(20)12-8-9-12;/h1-7,10,12,16,22H,8-9,11,20H2,(H,21,23);1H. The van der Waals surface area contributed by atoms with Crippen molar-refractivity contribution in [2.24, 2.45) is 11.7 Å². The molecule has 1 unspecified atom stereocenters. The summed E-state index contributed by atoms with van der Waals surface area (Å²) in [6.45, 7) is 0.341. The molecule has 0 heterocycles. The van der Waals surface area contributed by atoms with Gasteiger partial charge in [0.25, 0.3) is 15.9 Å². The SMILES string of the molecule is Cl.NC(CNC(=O)c1cccc(S(=O)(=O)Nc2ccccc2F)c1)C1CC1. The fraction of sp³-hybridized carbons (Fsp3) is 0.278. The molecule has 3 rings (SSSR count).